The Balaban J connectivity index is 2.13. The number of benzene rings is 2. The van der Waals surface area contributed by atoms with Crippen LogP contribution in [0.5, 0.6) is 5.75 Å². The molecule has 8 nitrogen and oxygen atoms in total. The van der Waals surface area contributed by atoms with Gasteiger partial charge in [0.15, 0.2) is 0 Å². The molecule has 0 radical (unpaired) electrons. The van der Waals surface area contributed by atoms with Gasteiger partial charge in [-0.15, -0.1) is 0 Å². The maximum absolute atomic E-state index is 12.4. The van der Waals surface area contributed by atoms with Gasteiger partial charge in [-0.25, -0.2) is 9.59 Å². The first-order chi connectivity index (χ1) is 14.7. The molecule has 2 atom stereocenters. The van der Waals surface area contributed by atoms with Crippen molar-refractivity contribution in [2.75, 3.05) is 13.7 Å². The van der Waals surface area contributed by atoms with Crippen LogP contribution in [0, 0.1) is 0 Å². The Morgan fingerprint density at radius 3 is 2.16 bits per heavy atom. The number of amides is 2. The molecule has 168 valence electrons. The first-order valence-corrected chi connectivity index (χ1v) is 9.93. The van der Waals surface area contributed by atoms with E-state index in [1.165, 1.54) is 0 Å². The molecule has 0 bridgehead atoms. The van der Waals surface area contributed by atoms with Crippen molar-refractivity contribution in [2.24, 2.45) is 0 Å². The smallest absolute Gasteiger partial charge is 0.408 e. The predicted molar refractivity (Wildman–Crippen MR) is 116 cm³/mol. The van der Waals surface area contributed by atoms with Gasteiger partial charge in [0, 0.05) is 0 Å². The molecule has 31 heavy (non-hydrogen) atoms. The summed E-state index contributed by atoms with van der Waals surface area (Å²) in [7, 11) is 1.55. The minimum absolute atomic E-state index is 0.0809. The van der Waals surface area contributed by atoms with Crippen LogP contribution in [0.15, 0.2) is 54.6 Å². The number of ether oxygens (including phenoxy) is 3. The monoisotopic (exact) mass is 430 g/mol. The summed E-state index contributed by atoms with van der Waals surface area (Å²) in [5.41, 5.74) is 0.775. The molecule has 0 saturated carbocycles. The lowest BCUT2D eigenvalue weighted by atomic mass is 9.99. The molecule has 0 spiro atoms. The molecule has 0 fully saturated rings. The molecule has 2 aromatic carbocycles. The largest absolute Gasteiger partial charge is 0.497 e. The van der Waals surface area contributed by atoms with Crippen LogP contribution in [0.4, 0.5) is 9.59 Å². The summed E-state index contributed by atoms with van der Waals surface area (Å²) < 4.78 is 15.8. The molecule has 0 saturated heterocycles. The summed E-state index contributed by atoms with van der Waals surface area (Å²) in [6, 6.07) is 14.5. The Kier molecular flexibility index (Phi) is 8.69. The van der Waals surface area contributed by atoms with Gasteiger partial charge in [-0.2, -0.15) is 0 Å². The summed E-state index contributed by atoms with van der Waals surface area (Å²) in [6.07, 6.45) is -1.39. The van der Waals surface area contributed by atoms with Crippen molar-refractivity contribution in [1.82, 2.24) is 10.6 Å². The van der Waals surface area contributed by atoms with Crippen molar-refractivity contribution in [3.63, 3.8) is 0 Å². The number of hydrogen-bond donors (Lipinski definition) is 3. The third-order valence-corrected chi connectivity index (χ3v) is 4.26. The van der Waals surface area contributed by atoms with E-state index in [0.29, 0.717) is 11.3 Å². The van der Waals surface area contributed by atoms with E-state index in [2.05, 4.69) is 10.6 Å². The Labute approximate surface area is 182 Å². The third kappa shape index (κ3) is 8.18. The number of aliphatic hydroxyl groups excluding tert-OH is 1. The Bertz CT molecular complexity index is 833. The maximum atomic E-state index is 12.4. The number of carbonyl (C=O) groups excluding carboxylic acids is 2. The van der Waals surface area contributed by atoms with Crippen LogP contribution >= 0.6 is 0 Å². The summed E-state index contributed by atoms with van der Waals surface area (Å²) in [4.78, 5) is 24.7. The molecule has 0 aliphatic carbocycles. The zero-order valence-electron chi connectivity index (χ0n) is 18.3. The van der Waals surface area contributed by atoms with Crippen LogP contribution in [0.1, 0.15) is 37.9 Å². The zero-order valence-corrected chi connectivity index (χ0v) is 18.3. The highest BCUT2D eigenvalue weighted by molar-refractivity contribution is 5.70. The SMILES string of the molecule is COc1ccc([C@@H](NC(=O)OC(C)(C)C)[C@H](CO)NC(=O)OCc2ccccc2)cc1. The fraction of sp³-hybridized carbons (Fsp3) is 0.391. The van der Waals surface area contributed by atoms with Gasteiger partial charge < -0.3 is 30.0 Å². The fourth-order valence-electron chi connectivity index (χ4n) is 2.81. The number of nitrogens with one attached hydrogen (secondary N) is 2. The van der Waals surface area contributed by atoms with E-state index in [9.17, 15) is 14.7 Å². The van der Waals surface area contributed by atoms with E-state index in [0.717, 1.165) is 5.56 Å². The predicted octanol–water partition coefficient (Wildman–Crippen LogP) is 3.55. The summed E-state index contributed by atoms with van der Waals surface area (Å²) in [6.45, 7) is 4.89. The number of aliphatic hydroxyl groups is 1. The van der Waals surface area contributed by atoms with Crippen molar-refractivity contribution >= 4 is 12.2 Å². The second-order valence-electron chi connectivity index (χ2n) is 7.89. The summed E-state index contributed by atoms with van der Waals surface area (Å²) in [5.74, 6) is 0.635. The molecule has 0 aliphatic rings. The minimum Gasteiger partial charge on any atom is -0.497 e. The topological polar surface area (TPSA) is 106 Å². The number of carbonyl (C=O) groups is 2. The van der Waals surface area contributed by atoms with Crippen molar-refractivity contribution in [1.29, 1.82) is 0 Å². The van der Waals surface area contributed by atoms with E-state index in [1.54, 1.807) is 52.1 Å². The van der Waals surface area contributed by atoms with Gasteiger partial charge in [-0.05, 0) is 44.0 Å². The summed E-state index contributed by atoms with van der Waals surface area (Å²) in [5, 5.41) is 15.3. The van der Waals surface area contributed by atoms with Gasteiger partial charge in [0.2, 0.25) is 0 Å². The first-order valence-electron chi connectivity index (χ1n) is 9.93. The van der Waals surface area contributed by atoms with Gasteiger partial charge in [-0.1, -0.05) is 42.5 Å². The maximum Gasteiger partial charge on any atom is 0.408 e. The number of methoxy groups -OCH3 is 1. The Hall–Kier alpha value is -3.26. The van der Waals surface area contributed by atoms with Crippen LogP contribution in [-0.4, -0.2) is 42.7 Å². The fourth-order valence-corrected chi connectivity index (χ4v) is 2.81. The first kappa shape index (κ1) is 24.0. The van der Waals surface area contributed by atoms with Crippen molar-refractivity contribution in [2.45, 2.75) is 45.1 Å². The van der Waals surface area contributed by atoms with Gasteiger partial charge >= 0.3 is 12.2 Å². The lowest BCUT2D eigenvalue weighted by Gasteiger charge is -2.29. The molecule has 2 amide bonds. The van der Waals surface area contributed by atoms with Crippen molar-refractivity contribution < 1.29 is 28.9 Å². The normalized spacial score (nSPS) is 12.9. The average Bonchev–Trinajstić information content (AvgIpc) is 2.74. The highest BCUT2D eigenvalue weighted by atomic mass is 16.6. The molecule has 8 heteroatoms. The highest BCUT2D eigenvalue weighted by Gasteiger charge is 2.29. The Morgan fingerprint density at radius 2 is 1.61 bits per heavy atom. The van der Waals surface area contributed by atoms with Crippen LogP contribution in [0.3, 0.4) is 0 Å². The van der Waals surface area contributed by atoms with Gasteiger partial charge in [0.25, 0.3) is 0 Å². The van der Waals surface area contributed by atoms with E-state index in [1.807, 2.05) is 30.3 Å². The van der Waals surface area contributed by atoms with Crippen LogP contribution in [0.2, 0.25) is 0 Å². The molecule has 2 aromatic rings. The van der Waals surface area contributed by atoms with Crippen molar-refractivity contribution in [3.05, 3.63) is 65.7 Å². The highest BCUT2D eigenvalue weighted by Crippen LogP contribution is 2.22. The van der Waals surface area contributed by atoms with Gasteiger partial charge in [0.05, 0.1) is 25.8 Å². The average molecular weight is 431 g/mol. The van der Waals surface area contributed by atoms with E-state index < -0.39 is 36.5 Å². The number of alkyl carbamates (subject to hydrolysis) is 2. The molecular weight excluding hydrogens is 400 g/mol. The standard InChI is InChI=1S/C23H30N2O6/c1-23(2,3)31-22(28)25-20(17-10-12-18(29-4)13-11-17)19(14-26)24-21(27)30-15-16-8-6-5-7-9-16/h5-13,19-20,26H,14-15H2,1-4H3,(H,24,27)(H,25,28)/t19-,20+/m0/s1. The number of hydrogen-bond acceptors (Lipinski definition) is 6. The molecule has 3 N–H and O–H groups in total. The van der Waals surface area contributed by atoms with E-state index in [-0.39, 0.29) is 6.61 Å². The number of rotatable bonds is 8. The molecule has 0 unspecified atom stereocenters. The van der Waals surface area contributed by atoms with Crippen LogP contribution in [0.25, 0.3) is 0 Å². The van der Waals surface area contributed by atoms with E-state index >= 15 is 0 Å². The lowest BCUT2D eigenvalue weighted by molar-refractivity contribution is 0.0476. The third-order valence-electron chi connectivity index (χ3n) is 4.26. The lowest BCUT2D eigenvalue weighted by Crippen LogP contribution is -2.49. The van der Waals surface area contributed by atoms with Gasteiger partial charge in [0.1, 0.15) is 18.0 Å². The quantitative estimate of drug-likeness (QED) is 0.591. The molecule has 0 aliphatic heterocycles. The van der Waals surface area contributed by atoms with Crippen LogP contribution in [-0.2, 0) is 16.1 Å². The van der Waals surface area contributed by atoms with Crippen molar-refractivity contribution in [3.8, 4) is 5.75 Å². The molecule has 2 rings (SSSR count). The van der Waals surface area contributed by atoms with Crippen LogP contribution < -0.4 is 15.4 Å². The minimum atomic E-state index is -0.857. The van der Waals surface area contributed by atoms with E-state index in [4.69, 9.17) is 14.2 Å². The summed E-state index contributed by atoms with van der Waals surface area (Å²) >= 11 is 0. The Morgan fingerprint density at radius 1 is 0.968 bits per heavy atom. The second-order valence-corrected chi connectivity index (χ2v) is 7.89. The van der Waals surface area contributed by atoms with Gasteiger partial charge in [-0.3, -0.25) is 0 Å². The second kappa shape index (κ2) is 11.2. The molecule has 0 heterocycles. The zero-order chi connectivity index (χ0) is 22.9. The molecular formula is C23H30N2O6. The molecule has 0 aromatic heterocycles.